The first kappa shape index (κ1) is 13.7. The van der Waals surface area contributed by atoms with Gasteiger partial charge in [0.25, 0.3) is 10.2 Å². The topological polar surface area (TPSA) is 78.4 Å². The van der Waals surface area contributed by atoms with Crippen LogP contribution in [0.4, 0.5) is 13.2 Å². The van der Waals surface area contributed by atoms with E-state index in [9.17, 15) is 21.6 Å². The highest BCUT2D eigenvalue weighted by molar-refractivity contribution is 7.87. The molecule has 1 fully saturated rings. The van der Waals surface area contributed by atoms with Crippen LogP contribution < -0.4 is 9.44 Å². The molecule has 0 heterocycles. The second-order valence-corrected chi connectivity index (χ2v) is 5.33. The van der Waals surface area contributed by atoms with Gasteiger partial charge in [-0.3, -0.25) is 0 Å². The highest BCUT2D eigenvalue weighted by Crippen LogP contribution is 2.31. The number of hydrogen-bond donors (Lipinski definition) is 3. The lowest BCUT2D eigenvalue weighted by Gasteiger charge is -2.40. The van der Waals surface area contributed by atoms with E-state index in [-0.39, 0.29) is 0 Å². The summed E-state index contributed by atoms with van der Waals surface area (Å²) < 4.78 is 61.2. The van der Waals surface area contributed by atoms with Crippen molar-refractivity contribution in [1.29, 1.82) is 0 Å². The third-order valence-corrected chi connectivity index (χ3v) is 3.65. The molecule has 0 aromatic rings. The highest BCUT2D eigenvalue weighted by atomic mass is 32.2. The Hall–Kier alpha value is -0.380. The van der Waals surface area contributed by atoms with E-state index < -0.39 is 35.1 Å². The van der Waals surface area contributed by atoms with Crippen LogP contribution in [0.2, 0.25) is 0 Å². The molecule has 1 aliphatic carbocycles. The summed E-state index contributed by atoms with van der Waals surface area (Å²) in [6, 6.07) is 0. The normalized spacial score (nSPS) is 20.5. The van der Waals surface area contributed by atoms with E-state index in [2.05, 4.69) is 0 Å². The van der Waals surface area contributed by atoms with Gasteiger partial charge in [-0.1, -0.05) is 0 Å². The van der Waals surface area contributed by atoms with E-state index in [4.69, 9.17) is 5.11 Å². The largest absolute Gasteiger partial charge is 0.402 e. The van der Waals surface area contributed by atoms with Crippen LogP contribution in [-0.4, -0.2) is 38.4 Å². The zero-order chi connectivity index (χ0) is 12.4. The number of halogens is 3. The Labute approximate surface area is 91.2 Å². The van der Waals surface area contributed by atoms with Crippen LogP contribution in [0.15, 0.2) is 0 Å². The molecule has 3 N–H and O–H groups in total. The fourth-order valence-electron chi connectivity index (χ4n) is 1.39. The van der Waals surface area contributed by atoms with Crippen LogP contribution in [0.5, 0.6) is 0 Å². The fraction of sp³-hybridized carbons (Fsp3) is 1.00. The molecule has 16 heavy (non-hydrogen) atoms. The Morgan fingerprint density at radius 1 is 1.31 bits per heavy atom. The van der Waals surface area contributed by atoms with Crippen molar-refractivity contribution in [2.75, 3.05) is 13.2 Å². The molecule has 1 aliphatic rings. The first-order valence-electron chi connectivity index (χ1n) is 4.64. The van der Waals surface area contributed by atoms with Gasteiger partial charge in [0.2, 0.25) is 0 Å². The summed E-state index contributed by atoms with van der Waals surface area (Å²) in [6.45, 7) is -2.04. The summed E-state index contributed by atoms with van der Waals surface area (Å²) in [5.41, 5.74) is -0.989. The van der Waals surface area contributed by atoms with Gasteiger partial charge in [-0.25, -0.2) is 0 Å². The summed E-state index contributed by atoms with van der Waals surface area (Å²) in [5, 5.41) is 8.95. The summed E-state index contributed by atoms with van der Waals surface area (Å²) in [5.74, 6) is 0. The van der Waals surface area contributed by atoms with Crippen LogP contribution >= 0.6 is 0 Å². The van der Waals surface area contributed by atoms with E-state index in [0.29, 0.717) is 12.8 Å². The first-order valence-corrected chi connectivity index (χ1v) is 6.13. The number of rotatable bonds is 5. The fourth-order valence-corrected chi connectivity index (χ4v) is 2.66. The van der Waals surface area contributed by atoms with E-state index in [0.717, 1.165) is 6.42 Å². The predicted octanol–water partition coefficient (Wildman–Crippen LogP) is -0.112. The van der Waals surface area contributed by atoms with Gasteiger partial charge in [0.1, 0.15) is 6.54 Å². The Bertz CT molecular complexity index is 332. The number of aliphatic hydroxyl groups is 1. The van der Waals surface area contributed by atoms with Crippen molar-refractivity contribution in [2.24, 2.45) is 0 Å². The molecule has 0 aliphatic heterocycles. The Kier molecular flexibility index (Phi) is 3.83. The molecule has 0 aromatic carbocycles. The molecular formula is C7H13F3N2O3S. The van der Waals surface area contributed by atoms with Gasteiger partial charge in [-0.15, -0.1) is 0 Å². The van der Waals surface area contributed by atoms with Crippen LogP contribution in [0.3, 0.4) is 0 Å². The Morgan fingerprint density at radius 2 is 1.88 bits per heavy atom. The van der Waals surface area contributed by atoms with Gasteiger partial charge >= 0.3 is 6.18 Å². The number of alkyl halides is 3. The zero-order valence-electron chi connectivity index (χ0n) is 8.34. The zero-order valence-corrected chi connectivity index (χ0v) is 9.16. The van der Waals surface area contributed by atoms with Crippen molar-refractivity contribution in [1.82, 2.24) is 9.44 Å². The molecule has 0 aromatic heterocycles. The van der Waals surface area contributed by atoms with Crippen LogP contribution in [0.25, 0.3) is 0 Å². The lowest BCUT2D eigenvalue weighted by molar-refractivity contribution is -0.121. The summed E-state index contributed by atoms with van der Waals surface area (Å²) >= 11 is 0. The minimum absolute atomic E-state index is 0.417. The number of nitrogens with one attached hydrogen (secondary N) is 2. The molecule has 0 spiro atoms. The van der Waals surface area contributed by atoms with Gasteiger partial charge in [0.05, 0.1) is 12.1 Å². The molecule has 0 atom stereocenters. The Balaban J connectivity index is 2.52. The molecule has 0 amide bonds. The SMILES string of the molecule is O=S(=O)(NCC(F)(F)F)NC1(CO)CCC1. The van der Waals surface area contributed by atoms with Crippen molar-refractivity contribution >= 4 is 10.2 Å². The molecule has 96 valence electrons. The van der Waals surface area contributed by atoms with Crippen molar-refractivity contribution in [2.45, 2.75) is 31.0 Å². The maximum atomic E-state index is 11.8. The minimum atomic E-state index is -4.60. The average Bonchev–Trinajstić information content (AvgIpc) is 2.08. The van der Waals surface area contributed by atoms with Gasteiger partial charge in [0.15, 0.2) is 0 Å². The van der Waals surface area contributed by atoms with Gasteiger partial charge in [0, 0.05) is 0 Å². The second kappa shape index (κ2) is 4.47. The van der Waals surface area contributed by atoms with Crippen molar-refractivity contribution in [3.05, 3.63) is 0 Å². The third kappa shape index (κ3) is 3.89. The maximum Gasteiger partial charge on any atom is 0.402 e. The van der Waals surface area contributed by atoms with Crippen LogP contribution in [0, 0.1) is 0 Å². The molecule has 0 unspecified atom stereocenters. The first-order chi connectivity index (χ1) is 7.18. The maximum absolute atomic E-state index is 11.8. The molecule has 1 rings (SSSR count). The van der Waals surface area contributed by atoms with Crippen molar-refractivity contribution in [3.63, 3.8) is 0 Å². The monoisotopic (exact) mass is 262 g/mol. The quantitative estimate of drug-likeness (QED) is 0.646. The summed E-state index contributed by atoms with van der Waals surface area (Å²) in [6.07, 6.45) is -3.00. The van der Waals surface area contributed by atoms with Crippen molar-refractivity contribution in [3.8, 4) is 0 Å². The highest BCUT2D eigenvalue weighted by Gasteiger charge is 2.40. The predicted molar refractivity (Wildman–Crippen MR) is 49.8 cm³/mol. The molecule has 0 bridgehead atoms. The summed E-state index contributed by atoms with van der Waals surface area (Å²) in [4.78, 5) is 0. The minimum Gasteiger partial charge on any atom is -0.394 e. The second-order valence-electron chi connectivity index (χ2n) is 3.83. The van der Waals surface area contributed by atoms with Crippen molar-refractivity contribution < 1.29 is 26.7 Å². The third-order valence-electron chi connectivity index (χ3n) is 2.43. The molecule has 0 saturated heterocycles. The van der Waals surface area contributed by atoms with E-state index >= 15 is 0 Å². The lowest BCUT2D eigenvalue weighted by Crippen LogP contribution is -2.59. The van der Waals surface area contributed by atoms with Gasteiger partial charge in [-0.2, -0.15) is 31.0 Å². The smallest absolute Gasteiger partial charge is 0.394 e. The molecule has 5 nitrogen and oxygen atoms in total. The average molecular weight is 262 g/mol. The molecule has 1 saturated carbocycles. The van der Waals surface area contributed by atoms with Gasteiger partial charge < -0.3 is 5.11 Å². The Morgan fingerprint density at radius 3 is 2.19 bits per heavy atom. The van der Waals surface area contributed by atoms with E-state index in [1.54, 1.807) is 0 Å². The number of hydrogen-bond acceptors (Lipinski definition) is 3. The van der Waals surface area contributed by atoms with Gasteiger partial charge in [-0.05, 0) is 19.3 Å². The lowest BCUT2D eigenvalue weighted by atomic mass is 9.78. The molecule has 0 radical (unpaired) electrons. The molecule has 9 heteroatoms. The van der Waals surface area contributed by atoms with Crippen LogP contribution in [0.1, 0.15) is 19.3 Å². The summed E-state index contributed by atoms with van der Waals surface area (Å²) in [7, 11) is -4.23. The van der Waals surface area contributed by atoms with Crippen LogP contribution in [-0.2, 0) is 10.2 Å². The number of aliphatic hydroxyl groups excluding tert-OH is 1. The molecular weight excluding hydrogens is 249 g/mol. The van der Waals surface area contributed by atoms with E-state index in [1.165, 1.54) is 4.72 Å². The standard InChI is InChI=1S/C7H13F3N2O3S/c8-7(9,10)4-11-16(14,15)12-6(5-13)2-1-3-6/h11-13H,1-5H2. The van der Waals surface area contributed by atoms with E-state index in [1.807, 2.05) is 4.72 Å².